The number of carboxylic acid groups (broad SMARTS) is 1. The fourth-order valence-corrected chi connectivity index (χ4v) is 4.92. The first-order valence-corrected chi connectivity index (χ1v) is 12.0. The van der Waals surface area contributed by atoms with E-state index in [2.05, 4.69) is 15.6 Å². The molecule has 2 aromatic rings. The molecule has 3 amide bonds. The van der Waals surface area contributed by atoms with Crippen molar-refractivity contribution in [1.29, 1.82) is 0 Å². The maximum absolute atomic E-state index is 14.3. The molecule has 34 heavy (non-hydrogen) atoms. The SMILES string of the molecule is Cc1ncsc1-c1ccc([C@H](C)NC(=O)[C@@H]2C[C@H](F)CN2C(=O)C(NC(=O)O)C(C)(C)C)cc1. The maximum atomic E-state index is 14.3. The van der Waals surface area contributed by atoms with Gasteiger partial charge >= 0.3 is 6.09 Å². The van der Waals surface area contributed by atoms with Gasteiger partial charge < -0.3 is 20.6 Å². The Kier molecular flexibility index (Phi) is 7.60. The van der Waals surface area contributed by atoms with E-state index < -0.39 is 41.6 Å². The van der Waals surface area contributed by atoms with Gasteiger partial charge in [-0.25, -0.2) is 14.2 Å². The summed E-state index contributed by atoms with van der Waals surface area (Å²) in [6.45, 7) is 8.66. The maximum Gasteiger partial charge on any atom is 0.405 e. The molecule has 10 heteroatoms. The summed E-state index contributed by atoms with van der Waals surface area (Å²) in [6.07, 6.45) is -2.84. The molecule has 0 aliphatic carbocycles. The number of carbonyl (C=O) groups is 3. The summed E-state index contributed by atoms with van der Waals surface area (Å²) >= 11 is 1.56. The van der Waals surface area contributed by atoms with E-state index in [9.17, 15) is 18.8 Å². The smallest absolute Gasteiger partial charge is 0.405 e. The highest BCUT2D eigenvalue weighted by molar-refractivity contribution is 7.13. The topological polar surface area (TPSA) is 112 Å². The molecule has 0 radical (unpaired) electrons. The first kappa shape index (κ1) is 25.6. The highest BCUT2D eigenvalue weighted by atomic mass is 32.1. The monoisotopic (exact) mass is 490 g/mol. The number of nitrogens with zero attached hydrogens (tertiary/aromatic N) is 2. The van der Waals surface area contributed by atoms with Gasteiger partial charge in [-0.3, -0.25) is 9.59 Å². The minimum atomic E-state index is -1.36. The second-order valence-electron chi connectivity index (χ2n) is 9.71. The Morgan fingerprint density at radius 2 is 1.85 bits per heavy atom. The van der Waals surface area contributed by atoms with Gasteiger partial charge in [0.05, 0.1) is 28.7 Å². The van der Waals surface area contributed by atoms with Crippen molar-refractivity contribution in [3.63, 3.8) is 0 Å². The van der Waals surface area contributed by atoms with Crippen LogP contribution in [0.25, 0.3) is 10.4 Å². The number of aromatic nitrogens is 1. The lowest BCUT2D eigenvalue weighted by molar-refractivity contribution is -0.142. The zero-order valence-corrected chi connectivity index (χ0v) is 20.8. The van der Waals surface area contributed by atoms with Gasteiger partial charge in [0, 0.05) is 6.42 Å². The summed E-state index contributed by atoms with van der Waals surface area (Å²) in [4.78, 5) is 44.0. The number of carbonyl (C=O) groups excluding carboxylic acids is 2. The van der Waals surface area contributed by atoms with Crippen molar-refractivity contribution >= 4 is 29.2 Å². The summed E-state index contributed by atoms with van der Waals surface area (Å²) in [7, 11) is 0. The van der Waals surface area contributed by atoms with Gasteiger partial charge in [-0.2, -0.15) is 0 Å². The minimum Gasteiger partial charge on any atom is -0.465 e. The van der Waals surface area contributed by atoms with Gasteiger partial charge in [-0.05, 0) is 30.4 Å². The lowest BCUT2D eigenvalue weighted by Gasteiger charge is -2.34. The number of amides is 3. The lowest BCUT2D eigenvalue weighted by atomic mass is 9.85. The molecule has 1 unspecified atom stereocenters. The summed E-state index contributed by atoms with van der Waals surface area (Å²) in [5.74, 6) is -1.07. The van der Waals surface area contributed by atoms with E-state index in [0.29, 0.717) is 0 Å². The quantitative estimate of drug-likeness (QED) is 0.568. The van der Waals surface area contributed by atoms with Crippen molar-refractivity contribution in [3.8, 4) is 10.4 Å². The van der Waals surface area contributed by atoms with Crippen molar-refractivity contribution in [1.82, 2.24) is 20.5 Å². The van der Waals surface area contributed by atoms with Crippen LogP contribution in [0.5, 0.6) is 0 Å². The number of hydrogen-bond donors (Lipinski definition) is 3. The Balaban J connectivity index is 1.72. The van der Waals surface area contributed by atoms with Gasteiger partial charge in [-0.15, -0.1) is 11.3 Å². The average Bonchev–Trinajstić information content (AvgIpc) is 3.36. The van der Waals surface area contributed by atoms with E-state index in [-0.39, 0.29) is 19.0 Å². The Morgan fingerprint density at radius 3 is 2.38 bits per heavy atom. The molecule has 3 N–H and O–H groups in total. The van der Waals surface area contributed by atoms with Crippen molar-refractivity contribution in [2.24, 2.45) is 5.41 Å². The van der Waals surface area contributed by atoms with Gasteiger partial charge in [0.15, 0.2) is 0 Å². The van der Waals surface area contributed by atoms with Crippen molar-refractivity contribution in [3.05, 3.63) is 41.0 Å². The Labute approximate surface area is 202 Å². The van der Waals surface area contributed by atoms with Crippen LogP contribution in [0.2, 0.25) is 0 Å². The van der Waals surface area contributed by atoms with E-state index in [1.54, 1.807) is 37.6 Å². The second-order valence-corrected chi connectivity index (χ2v) is 10.6. The van der Waals surface area contributed by atoms with Crippen LogP contribution in [0, 0.1) is 12.3 Å². The van der Waals surface area contributed by atoms with Crippen molar-refractivity contribution in [2.45, 2.75) is 65.3 Å². The fourth-order valence-electron chi connectivity index (χ4n) is 4.11. The number of rotatable bonds is 6. The number of nitrogens with one attached hydrogen (secondary N) is 2. The molecule has 1 aromatic carbocycles. The Bertz CT molecular complexity index is 1050. The summed E-state index contributed by atoms with van der Waals surface area (Å²) in [5.41, 5.74) is 3.90. The molecule has 1 aliphatic rings. The zero-order valence-electron chi connectivity index (χ0n) is 20.0. The molecule has 0 saturated carbocycles. The van der Waals surface area contributed by atoms with Gasteiger partial charge in [0.2, 0.25) is 11.8 Å². The van der Waals surface area contributed by atoms with E-state index in [1.807, 2.05) is 38.1 Å². The number of likely N-dealkylation sites (tertiary alicyclic amines) is 1. The first-order valence-electron chi connectivity index (χ1n) is 11.1. The van der Waals surface area contributed by atoms with Crippen LogP contribution >= 0.6 is 11.3 Å². The third-order valence-corrected chi connectivity index (χ3v) is 6.97. The molecule has 4 atom stereocenters. The fraction of sp³-hybridized carbons (Fsp3) is 0.500. The molecular weight excluding hydrogens is 459 g/mol. The summed E-state index contributed by atoms with van der Waals surface area (Å²) < 4.78 is 14.3. The second kappa shape index (κ2) is 10.1. The lowest BCUT2D eigenvalue weighted by Crippen LogP contribution is -2.57. The first-order chi connectivity index (χ1) is 15.9. The summed E-state index contributed by atoms with van der Waals surface area (Å²) in [6, 6.07) is 5.29. The van der Waals surface area contributed by atoms with Crippen molar-refractivity contribution < 1.29 is 23.9 Å². The van der Waals surface area contributed by atoms with E-state index in [1.165, 1.54) is 0 Å². The Hall–Kier alpha value is -3.01. The van der Waals surface area contributed by atoms with E-state index in [0.717, 1.165) is 26.6 Å². The minimum absolute atomic E-state index is 0.127. The predicted molar refractivity (Wildman–Crippen MR) is 128 cm³/mol. The number of alkyl halides is 1. The molecule has 0 spiro atoms. The summed E-state index contributed by atoms with van der Waals surface area (Å²) in [5, 5.41) is 14.3. The number of hydrogen-bond acceptors (Lipinski definition) is 5. The van der Waals surface area contributed by atoms with Gasteiger partial charge in [-0.1, -0.05) is 45.0 Å². The number of benzene rings is 1. The molecule has 184 valence electrons. The van der Waals surface area contributed by atoms with E-state index >= 15 is 0 Å². The largest absolute Gasteiger partial charge is 0.465 e. The molecule has 8 nitrogen and oxygen atoms in total. The van der Waals surface area contributed by atoms with Crippen LogP contribution in [0.1, 0.15) is 51.4 Å². The molecule has 3 rings (SSSR count). The van der Waals surface area contributed by atoms with Crippen LogP contribution in [0.3, 0.4) is 0 Å². The van der Waals surface area contributed by atoms with Crippen LogP contribution in [-0.2, 0) is 9.59 Å². The van der Waals surface area contributed by atoms with Crippen LogP contribution in [0.4, 0.5) is 9.18 Å². The van der Waals surface area contributed by atoms with E-state index in [4.69, 9.17) is 5.11 Å². The number of halogens is 1. The van der Waals surface area contributed by atoms with Gasteiger partial charge in [0.25, 0.3) is 0 Å². The third-order valence-electron chi connectivity index (χ3n) is 5.99. The number of aryl methyl sites for hydroxylation is 1. The molecule has 1 saturated heterocycles. The predicted octanol–water partition coefficient (Wildman–Crippen LogP) is 3.92. The van der Waals surface area contributed by atoms with Crippen LogP contribution in [0.15, 0.2) is 29.8 Å². The molecule has 0 bridgehead atoms. The normalized spacial score (nSPS) is 20.0. The van der Waals surface area contributed by atoms with Crippen molar-refractivity contribution in [2.75, 3.05) is 6.54 Å². The van der Waals surface area contributed by atoms with Crippen LogP contribution < -0.4 is 10.6 Å². The van der Waals surface area contributed by atoms with Gasteiger partial charge in [0.1, 0.15) is 18.3 Å². The molecule has 1 fully saturated rings. The molecule has 2 heterocycles. The Morgan fingerprint density at radius 1 is 1.21 bits per heavy atom. The molecular formula is C24H31FN4O4S. The van der Waals surface area contributed by atoms with Crippen LogP contribution in [-0.4, -0.2) is 57.7 Å². The average molecular weight is 491 g/mol. The molecule has 1 aromatic heterocycles. The molecule has 1 aliphatic heterocycles. The highest BCUT2D eigenvalue weighted by Gasteiger charge is 2.45. The zero-order chi connectivity index (χ0) is 25.2. The third kappa shape index (κ3) is 5.72. The highest BCUT2D eigenvalue weighted by Crippen LogP contribution is 2.30. The number of thiazole rings is 1. The standard InChI is InChI=1S/C24H31FN4O4S/c1-13(15-6-8-16(9-7-15)19-14(2)26-12-34-19)27-21(30)18-10-17(25)11-29(18)22(31)20(24(3,4)5)28-23(32)33/h6-9,12-13,17-18,20,28H,10-11H2,1-5H3,(H,27,30)(H,32,33)/t13-,17-,18-,20?/m0/s1.